The Morgan fingerprint density at radius 2 is 1.95 bits per heavy atom. The van der Waals surface area contributed by atoms with Crippen LogP contribution in [0.4, 0.5) is 5.69 Å². The molecular weight excluding hydrogens is 284 g/mol. The molecule has 1 N–H and O–H groups in total. The summed E-state index contributed by atoms with van der Waals surface area (Å²) in [6.07, 6.45) is 4.46. The second kappa shape index (κ2) is 6.30. The quantitative estimate of drug-likeness (QED) is 0.943. The van der Waals surface area contributed by atoms with Crippen molar-refractivity contribution >= 4 is 22.9 Å². The van der Waals surface area contributed by atoms with Crippen molar-refractivity contribution in [2.24, 2.45) is 0 Å². The molecule has 0 saturated heterocycles. The molecule has 0 spiro atoms. The number of hydrogen-bond donors (Lipinski definition) is 1. The van der Waals surface area contributed by atoms with Crippen LogP contribution in [-0.2, 0) is 23.1 Å². The smallest absolute Gasteiger partial charge is 0.230 e. The van der Waals surface area contributed by atoms with Gasteiger partial charge < -0.3 is 5.32 Å². The first kappa shape index (κ1) is 15.6. The van der Waals surface area contributed by atoms with Crippen molar-refractivity contribution < 1.29 is 4.79 Å². The highest BCUT2D eigenvalue weighted by atomic mass is 32.1. The average molecular weight is 304 g/mol. The monoisotopic (exact) mass is 304 g/mol. The summed E-state index contributed by atoms with van der Waals surface area (Å²) in [5, 5.41) is 5.78. The highest BCUT2D eigenvalue weighted by Gasteiger charge is 2.17. The number of anilines is 1. The van der Waals surface area contributed by atoms with Crippen LogP contribution in [0.15, 0.2) is 17.8 Å². The van der Waals surface area contributed by atoms with Crippen LogP contribution < -0.4 is 5.32 Å². The van der Waals surface area contributed by atoms with E-state index in [0.717, 1.165) is 22.9 Å². The van der Waals surface area contributed by atoms with Crippen LogP contribution >= 0.6 is 11.3 Å². The standard InChI is InChI=1S/C15H20N4OS/c1-5-13-19-10(9-21-13)6-12(20)18-11-7-16-14(17-8-11)15(2,3)4/h7-9H,5-6H2,1-4H3,(H,18,20). The number of nitrogens with zero attached hydrogens (tertiary/aromatic N) is 3. The molecule has 21 heavy (non-hydrogen) atoms. The van der Waals surface area contributed by atoms with Crippen LogP contribution in [-0.4, -0.2) is 20.9 Å². The number of aryl methyl sites for hydroxylation is 1. The highest BCUT2D eigenvalue weighted by Crippen LogP contribution is 2.18. The molecule has 0 aromatic carbocycles. The molecular formula is C15H20N4OS. The van der Waals surface area contributed by atoms with Crippen molar-refractivity contribution in [1.29, 1.82) is 0 Å². The maximum absolute atomic E-state index is 12.0. The minimum absolute atomic E-state index is 0.0975. The van der Waals surface area contributed by atoms with E-state index in [9.17, 15) is 4.79 Å². The molecule has 6 heteroatoms. The minimum atomic E-state index is -0.102. The molecule has 0 aliphatic rings. The van der Waals surface area contributed by atoms with E-state index in [1.165, 1.54) is 0 Å². The largest absolute Gasteiger partial charge is 0.323 e. The van der Waals surface area contributed by atoms with Crippen molar-refractivity contribution in [3.05, 3.63) is 34.3 Å². The topological polar surface area (TPSA) is 67.8 Å². The summed E-state index contributed by atoms with van der Waals surface area (Å²) in [5.41, 5.74) is 1.32. The molecule has 0 aliphatic heterocycles. The first-order valence-corrected chi connectivity index (χ1v) is 7.82. The van der Waals surface area contributed by atoms with E-state index in [2.05, 4.69) is 27.2 Å². The number of thiazole rings is 1. The van der Waals surface area contributed by atoms with E-state index in [0.29, 0.717) is 5.69 Å². The summed E-state index contributed by atoms with van der Waals surface area (Å²) in [6, 6.07) is 0. The van der Waals surface area contributed by atoms with Crippen molar-refractivity contribution in [3.63, 3.8) is 0 Å². The van der Waals surface area contributed by atoms with Gasteiger partial charge in [-0.3, -0.25) is 4.79 Å². The lowest BCUT2D eigenvalue weighted by Crippen LogP contribution is -2.18. The van der Waals surface area contributed by atoms with Crippen molar-refractivity contribution in [3.8, 4) is 0 Å². The zero-order chi connectivity index (χ0) is 15.5. The molecule has 0 unspecified atom stereocenters. The number of carbonyl (C=O) groups excluding carboxylic acids is 1. The lowest BCUT2D eigenvalue weighted by molar-refractivity contribution is -0.115. The van der Waals surface area contributed by atoms with Gasteiger partial charge in [0.15, 0.2) is 0 Å². The van der Waals surface area contributed by atoms with Crippen LogP contribution in [0.1, 0.15) is 44.2 Å². The fourth-order valence-electron chi connectivity index (χ4n) is 1.74. The maximum Gasteiger partial charge on any atom is 0.230 e. The Balaban J connectivity index is 1.96. The predicted octanol–water partition coefficient (Wildman–Crippen LogP) is 2.97. The number of hydrogen-bond acceptors (Lipinski definition) is 5. The normalized spacial score (nSPS) is 11.4. The predicted molar refractivity (Wildman–Crippen MR) is 84.6 cm³/mol. The molecule has 0 bridgehead atoms. The summed E-state index contributed by atoms with van der Waals surface area (Å²) in [5.74, 6) is 0.655. The van der Waals surface area contributed by atoms with Gasteiger partial charge in [-0.05, 0) is 6.42 Å². The Bertz CT molecular complexity index is 613. The SMILES string of the molecule is CCc1nc(CC(=O)Nc2cnc(C(C)(C)C)nc2)cs1. The minimum Gasteiger partial charge on any atom is -0.323 e. The van der Waals surface area contributed by atoms with E-state index >= 15 is 0 Å². The molecule has 112 valence electrons. The van der Waals surface area contributed by atoms with Gasteiger partial charge in [0.2, 0.25) is 5.91 Å². The second-order valence-electron chi connectivity index (χ2n) is 5.86. The number of rotatable bonds is 4. The number of aromatic nitrogens is 3. The molecule has 0 fully saturated rings. The van der Waals surface area contributed by atoms with E-state index in [1.807, 2.05) is 26.2 Å². The zero-order valence-corrected chi connectivity index (χ0v) is 13.6. The number of nitrogens with one attached hydrogen (secondary N) is 1. The van der Waals surface area contributed by atoms with Crippen molar-refractivity contribution in [2.45, 2.75) is 46.0 Å². The molecule has 0 aliphatic carbocycles. The van der Waals surface area contributed by atoms with Crippen molar-refractivity contribution in [2.75, 3.05) is 5.32 Å². The first-order chi connectivity index (χ1) is 9.88. The maximum atomic E-state index is 12.0. The van der Waals surface area contributed by atoms with E-state index in [1.54, 1.807) is 23.7 Å². The number of amides is 1. The van der Waals surface area contributed by atoms with Gasteiger partial charge >= 0.3 is 0 Å². The second-order valence-corrected chi connectivity index (χ2v) is 6.80. The third-order valence-corrected chi connectivity index (χ3v) is 3.89. The van der Waals surface area contributed by atoms with Gasteiger partial charge in [-0.1, -0.05) is 27.7 Å². The Hall–Kier alpha value is -1.82. The fraction of sp³-hybridized carbons (Fsp3) is 0.467. The third kappa shape index (κ3) is 4.32. The molecule has 2 aromatic rings. The first-order valence-electron chi connectivity index (χ1n) is 6.94. The Labute approximate surface area is 128 Å². The van der Waals surface area contributed by atoms with Crippen LogP contribution in [0.3, 0.4) is 0 Å². The fourth-order valence-corrected chi connectivity index (χ4v) is 2.49. The molecule has 0 atom stereocenters. The van der Waals surface area contributed by atoms with Gasteiger partial charge in [-0.2, -0.15) is 0 Å². The molecule has 5 nitrogen and oxygen atoms in total. The summed E-state index contributed by atoms with van der Waals surface area (Å²) < 4.78 is 0. The summed E-state index contributed by atoms with van der Waals surface area (Å²) in [4.78, 5) is 24.9. The Kier molecular flexibility index (Phi) is 4.67. The van der Waals surface area contributed by atoms with E-state index in [-0.39, 0.29) is 17.7 Å². The van der Waals surface area contributed by atoms with E-state index < -0.39 is 0 Å². The van der Waals surface area contributed by atoms with Crippen molar-refractivity contribution in [1.82, 2.24) is 15.0 Å². The van der Waals surface area contributed by atoms with Gasteiger partial charge in [0.05, 0.1) is 35.2 Å². The molecule has 2 rings (SSSR count). The lowest BCUT2D eigenvalue weighted by Gasteiger charge is -2.16. The summed E-state index contributed by atoms with van der Waals surface area (Å²) in [6.45, 7) is 8.20. The molecule has 2 aromatic heterocycles. The lowest BCUT2D eigenvalue weighted by atomic mass is 9.96. The molecule has 2 heterocycles. The van der Waals surface area contributed by atoms with Crippen LogP contribution in [0.2, 0.25) is 0 Å². The van der Waals surface area contributed by atoms with E-state index in [4.69, 9.17) is 0 Å². The van der Waals surface area contributed by atoms with Crippen LogP contribution in [0.5, 0.6) is 0 Å². The number of carbonyl (C=O) groups is 1. The summed E-state index contributed by atoms with van der Waals surface area (Å²) >= 11 is 1.59. The van der Waals surface area contributed by atoms with Gasteiger partial charge in [0.1, 0.15) is 5.82 Å². The van der Waals surface area contributed by atoms with Crippen LogP contribution in [0, 0.1) is 0 Å². The zero-order valence-electron chi connectivity index (χ0n) is 12.8. The third-order valence-electron chi connectivity index (χ3n) is 2.85. The summed E-state index contributed by atoms with van der Waals surface area (Å²) in [7, 11) is 0. The molecule has 0 saturated carbocycles. The van der Waals surface area contributed by atoms with Crippen LogP contribution in [0.25, 0.3) is 0 Å². The highest BCUT2D eigenvalue weighted by molar-refractivity contribution is 7.09. The van der Waals surface area contributed by atoms with Gasteiger partial charge in [-0.25, -0.2) is 15.0 Å². The average Bonchev–Trinajstić information content (AvgIpc) is 2.85. The van der Waals surface area contributed by atoms with Gasteiger partial charge in [0, 0.05) is 10.8 Å². The molecule has 0 radical (unpaired) electrons. The Morgan fingerprint density at radius 1 is 1.29 bits per heavy atom. The molecule has 1 amide bonds. The van der Waals surface area contributed by atoms with Gasteiger partial charge in [0.25, 0.3) is 0 Å². The Morgan fingerprint density at radius 3 is 2.48 bits per heavy atom. The van der Waals surface area contributed by atoms with Gasteiger partial charge in [-0.15, -0.1) is 11.3 Å².